The van der Waals surface area contributed by atoms with Crippen LogP contribution in [0.15, 0.2) is 24.3 Å². The summed E-state index contributed by atoms with van der Waals surface area (Å²) in [5.41, 5.74) is -0.0513. The number of benzene rings is 1. The molecule has 1 saturated heterocycles. The second-order valence-corrected chi connectivity index (χ2v) is 5.21. The zero-order valence-corrected chi connectivity index (χ0v) is 11.8. The van der Waals surface area contributed by atoms with Gasteiger partial charge in [-0.1, -0.05) is 19.1 Å². The smallest absolute Gasteiger partial charge is 0.198 e. The van der Waals surface area contributed by atoms with Crippen molar-refractivity contribution in [3.63, 3.8) is 0 Å². The van der Waals surface area contributed by atoms with Crippen molar-refractivity contribution in [1.29, 1.82) is 0 Å². The summed E-state index contributed by atoms with van der Waals surface area (Å²) in [7, 11) is 0. The topological polar surface area (TPSA) is 35.5 Å². The highest BCUT2D eigenvalue weighted by molar-refractivity contribution is 6.04. The molecule has 1 heterocycles. The van der Waals surface area contributed by atoms with Crippen molar-refractivity contribution in [3.05, 3.63) is 29.8 Å². The van der Waals surface area contributed by atoms with Gasteiger partial charge in [0.25, 0.3) is 0 Å². The van der Waals surface area contributed by atoms with Gasteiger partial charge in [-0.25, -0.2) is 0 Å². The molecule has 0 spiro atoms. The van der Waals surface area contributed by atoms with Gasteiger partial charge in [0, 0.05) is 6.61 Å². The molecule has 1 aliphatic rings. The Morgan fingerprint density at radius 2 is 2.16 bits per heavy atom. The molecule has 0 radical (unpaired) electrons. The summed E-state index contributed by atoms with van der Waals surface area (Å²) in [6.07, 6.45) is 3.79. The van der Waals surface area contributed by atoms with Gasteiger partial charge < -0.3 is 9.47 Å². The standard InChI is InChI=1S/C16H22O3/c1-3-11-18-14-9-5-4-8-13(14)15(17)16(2)10-6-7-12-19-16/h4-5,8-9H,3,6-7,10-12H2,1-2H3. The van der Waals surface area contributed by atoms with Crippen molar-refractivity contribution in [1.82, 2.24) is 0 Å². The first-order valence-corrected chi connectivity index (χ1v) is 7.08. The van der Waals surface area contributed by atoms with Gasteiger partial charge in [-0.15, -0.1) is 0 Å². The van der Waals surface area contributed by atoms with E-state index in [1.807, 2.05) is 31.2 Å². The Morgan fingerprint density at radius 1 is 1.37 bits per heavy atom. The van der Waals surface area contributed by atoms with Crippen molar-refractivity contribution < 1.29 is 14.3 Å². The Hall–Kier alpha value is -1.35. The predicted molar refractivity (Wildman–Crippen MR) is 74.8 cm³/mol. The van der Waals surface area contributed by atoms with Crippen LogP contribution in [0.3, 0.4) is 0 Å². The van der Waals surface area contributed by atoms with Crippen molar-refractivity contribution in [2.45, 2.75) is 45.1 Å². The SMILES string of the molecule is CCCOc1ccccc1C(=O)C1(C)CCCCO1. The summed E-state index contributed by atoms with van der Waals surface area (Å²) < 4.78 is 11.4. The lowest BCUT2D eigenvalue weighted by molar-refractivity contribution is -0.0427. The summed E-state index contributed by atoms with van der Waals surface area (Å²) in [6.45, 7) is 5.24. The van der Waals surface area contributed by atoms with E-state index in [-0.39, 0.29) is 5.78 Å². The fraction of sp³-hybridized carbons (Fsp3) is 0.562. The van der Waals surface area contributed by atoms with Crippen LogP contribution in [0.2, 0.25) is 0 Å². The van der Waals surface area contributed by atoms with Gasteiger partial charge in [0.15, 0.2) is 5.78 Å². The minimum Gasteiger partial charge on any atom is -0.493 e. The Labute approximate surface area is 114 Å². The fourth-order valence-electron chi connectivity index (χ4n) is 2.39. The number of carbonyl (C=O) groups is 1. The zero-order valence-electron chi connectivity index (χ0n) is 11.8. The Morgan fingerprint density at radius 3 is 2.84 bits per heavy atom. The van der Waals surface area contributed by atoms with Crippen LogP contribution in [0.5, 0.6) is 5.75 Å². The molecular formula is C16H22O3. The van der Waals surface area contributed by atoms with Crippen molar-refractivity contribution >= 4 is 5.78 Å². The van der Waals surface area contributed by atoms with Gasteiger partial charge in [-0.3, -0.25) is 4.79 Å². The third-order valence-corrected chi connectivity index (χ3v) is 3.54. The molecule has 1 aromatic carbocycles. The van der Waals surface area contributed by atoms with Gasteiger partial charge in [-0.05, 0) is 44.7 Å². The van der Waals surface area contributed by atoms with Gasteiger partial charge in [0.2, 0.25) is 0 Å². The Bertz CT molecular complexity index is 433. The molecule has 3 nitrogen and oxygen atoms in total. The first kappa shape index (κ1) is 14.1. The number of carbonyl (C=O) groups excluding carboxylic acids is 1. The molecule has 1 atom stereocenters. The molecule has 1 aliphatic heterocycles. The molecule has 0 aliphatic carbocycles. The fourth-order valence-corrected chi connectivity index (χ4v) is 2.39. The number of para-hydroxylation sites is 1. The van der Waals surface area contributed by atoms with E-state index >= 15 is 0 Å². The molecular weight excluding hydrogens is 240 g/mol. The number of ketones is 1. The number of ether oxygens (including phenoxy) is 2. The molecule has 1 unspecified atom stereocenters. The third-order valence-electron chi connectivity index (χ3n) is 3.54. The molecule has 1 aromatic rings. The molecule has 3 heteroatoms. The summed E-state index contributed by atoms with van der Waals surface area (Å²) in [5, 5.41) is 0. The van der Waals surface area contributed by atoms with Crippen LogP contribution in [0, 0.1) is 0 Å². The largest absolute Gasteiger partial charge is 0.493 e. The van der Waals surface area contributed by atoms with Crippen LogP contribution in [0.4, 0.5) is 0 Å². The second-order valence-electron chi connectivity index (χ2n) is 5.21. The number of hydrogen-bond acceptors (Lipinski definition) is 3. The lowest BCUT2D eigenvalue weighted by Gasteiger charge is -2.32. The molecule has 0 bridgehead atoms. The lowest BCUT2D eigenvalue weighted by Crippen LogP contribution is -2.41. The van der Waals surface area contributed by atoms with E-state index < -0.39 is 5.60 Å². The van der Waals surface area contributed by atoms with Gasteiger partial charge in [0.05, 0.1) is 12.2 Å². The van der Waals surface area contributed by atoms with Crippen molar-refractivity contribution in [2.75, 3.05) is 13.2 Å². The van der Waals surface area contributed by atoms with E-state index in [9.17, 15) is 4.79 Å². The van der Waals surface area contributed by atoms with Gasteiger partial charge >= 0.3 is 0 Å². The summed E-state index contributed by atoms with van der Waals surface area (Å²) >= 11 is 0. The third kappa shape index (κ3) is 3.16. The average Bonchev–Trinajstić information content (AvgIpc) is 2.45. The Balaban J connectivity index is 2.22. The van der Waals surface area contributed by atoms with Crippen molar-refractivity contribution in [2.24, 2.45) is 0 Å². The van der Waals surface area contributed by atoms with E-state index in [0.717, 1.165) is 25.7 Å². The maximum absolute atomic E-state index is 12.7. The zero-order chi connectivity index (χ0) is 13.7. The molecule has 104 valence electrons. The average molecular weight is 262 g/mol. The molecule has 0 saturated carbocycles. The minimum atomic E-state index is -0.691. The van der Waals surface area contributed by atoms with E-state index in [2.05, 4.69) is 6.92 Å². The maximum Gasteiger partial charge on any atom is 0.198 e. The monoisotopic (exact) mass is 262 g/mol. The highest BCUT2D eigenvalue weighted by Crippen LogP contribution is 2.31. The van der Waals surface area contributed by atoms with E-state index in [1.165, 1.54) is 0 Å². The van der Waals surface area contributed by atoms with Gasteiger partial charge in [-0.2, -0.15) is 0 Å². The van der Waals surface area contributed by atoms with Crippen LogP contribution in [-0.4, -0.2) is 24.6 Å². The van der Waals surface area contributed by atoms with Crippen LogP contribution < -0.4 is 4.74 Å². The van der Waals surface area contributed by atoms with E-state index in [0.29, 0.717) is 24.5 Å². The van der Waals surface area contributed by atoms with Crippen LogP contribution in [0.1, 0.15) is 49.9 Å². The maximum atomic E-state index is 12.7. The molecule has 0 aromatic heterocycles. The quantitative estimate of drug-likeness (QED) is 0.760. The summed E-state index contributed by atoms with van der Waals surface area (Å²) in [5.74, 6) is 0.712. The van der Waals surface area contributed by atoms with Crippen LogP contribution >= 0.6 is 0 Å². The molecule has 0 N–H and O–H groups in total. The van der Waals surface area contributed by atoms with E-state index in [1.54, 1.807) is 0 Å². The molecule has 2 rings (SSSR count). The number of Topliss-reactive ketones (excluding diaryl/α,β-unsaturated/α-hetero) is 1. The first-order valence-electron chi connectivity index (χ1n) is 7.08. The van der Waals surface area contributed by atoms with Crippen molar-refractivity contribution in [3.8, 4) is 5.75 Å². The van der Waals surface area contributed by atoms with Crippen LogP contribution in [-0.2, 0) is 4.74 Å². The molecule has 1 fully saturated rings. The lowest BCUT2D eigenvalue weighted by atomic mass is 9.87. The molecule has 19 heavy (non-hydrogen) atoms. The summed E-state index contributed by atoms with van der Waals surface area (Å²) in [4.78, 5) is 12.7. The van der Waals surface area contributed by atoms with E-state index in [4.69, 9.17) is 9.47 Å². The first-order chi connectivity index (χ1) is 9.17. The van der Waals surface area contributed by atoms with Gasteiger partial charge in [0.1, 0.15) is 11.4 Å². The predicted octanol–water partition coefficient (Wildman–Crippen LogP) is 3.62. The molecule has 0 amide bonds. The number of hydrogen-bond donors (Lipinski definition) is 0. The van der Waals surface area contributed by atoms with Crippen LogP contribution in [0.25, 0.3) is 0 Å². The highest BCUT2D eigenvalue weighted by atomic mass is 16.5. The number of rotatable bonds is 5. The second kappa shape index (κ2) is 6.20. The summed E-state index contributed by atoms with van der Waals surface area (Å²) in [6, 6.07) is 7.45. The normalized spacial score (nSPS) is 23.1. The Kier molecular flexibility index (Phi) is 4.59. The highest BCUT2D eigenvalue weighted by Gasteiger charge is 2.37. The minimum absolute atomic E-state index is 0.0407.